The van der Waals surface area contributed by atoms with Crippen LogP contribution in [0, 0.1) is 0 Å². The lowest BCUT2D eigenvalue weighted by molar-refractivity contribution is -0.153. The average Bonchev–Trinajstić information content (AvgIpc) is 3.19. The molecule has 1 aromatic heterocycles. The Morgan fingerprint density at radius 3 is 2.26 bits per heavy atom. The number of unbranched alkanes of at least 4 members (excludes halogenated alkanes) is 9. The molecule has 0 aliphatic carbocycles. The minimum atomic E-state index is -1.77. The predicted octanol–water partition coefficient (Wildman–Crippen LogP) is 5.25. The molecule has 3 N–H and O–H groups in total. The molecule has 0 amide bonds. The molecule has 0 saturated heterocycles. The van der Waals surface area contributed by atoms with Crippen LogP contribution in [0.15, 0.2) is 28.7 Å². The SMILES string of the molecule is CCCCCCCCCCCC=CCNc1ccc(C(=O)OC(CC(=O)O)C(=O)O)o1. The summed E-state index contributed by atoms with van der Waals surface area (Å²) in [4.78, 5) is 33.5. The van der Waals surface area contributed by atoms with Gasteiger partial charge in [0.1, 0.15) is 0 Å². The first kappa shape index (κ1) is 26.3. The van der Waals surface area contributed by atoms with Crippen LogP contribution in [0.2, 0.25) is 0 Å². The van der Waals surface area contributed by atoms with Crippen molar-refractivity contribution in [3.05, 3.63) is 30.0 Å². The maximum Gasteiger partial charge on any atom is 0.375 e. The summed E-state index contributed by atoms with van der Waals surface area (Å²) < 4.78 is 9.97. The average molecular weight is 438 g/mol. The van der Waals surface area contributed by atoms with Crippen LogP contribution in [-0.4, -0.2) is 40.8 Å². The number of hydrogen-bond donors (Lipinski definition) is 3. The largest absolute Gasteiger partial charge is 0.481 e. The maximum absolute atomic E-state index is 11.9. The van der Waals surface area contributed by atoms with Gasteiger partial charge in [0.05, 0.1) is 6.42 Å². The first-order valence-corrected chi connectivity index (χ1v) is 11.1. The van der Waals surface area contributed by atoms with Crippen molar-refractivity contribution in [2.45, 2.75) is 83.7 Å². The summed E-state index contributed by atoms with van der Waals surface area (Å²) in [6, 6.07) is 2.87. The molecule has 1 rings (SSSR count). The number of carbonyl (C=O) groups is 3. The fraction of sp³-hybridized carbons (Fsp3) is 0.609. The van der Waals surface area contributed by atoms with Crippen LogP contribution in [0.5, 0.6) is 0 Å². The van der Waals surface area contributed by atoms with E-state index >= 15 is 0 Å². The van der Waals surface area contributed by atoms with E-state index in [9.17, 15) is 14.4 Å². The molecule has 8 heteroatoms. The van der Waals surface area contributed by atoms with Gasteiger partial charge in [0.2, 0.25) is 11.9 Å². The van der Waals surface area contributed by atoms with Crippen LogP contribution < -0.4 is 5.32 Å². The van der Waals surface area contributed by atoms with Crippen molar-refractivity contribution in [3.63, 3.8) is 0 Å². The summed E-state index contributed by atoms with van der Waals surface area (Å²) in [6.45, 7) is 2.76. The van der Waals surface area contributed by atoms with Crippen molar-refractivity contribution in [1.29, 1.82) is 0 Å². The Morgan fingerprint density at radius 1 is 1.00 bits per heavy atom. The van der Waals surface area contributed by atoms with E-state index in [1.807, 2.05) is 6.08 Å². The minimum absolute atomic E-state index is 0.196. The van der Waals surface area contributed by atoms with Gasteiger partial charge in [-0.05, 0) is 18.9 Å². The fourth-order valence-electron chi connectivity index (χ4n) is 3.00. The van der Waals surface area contributed by atoms with Crippen LogP contribution >= 0.6 is 0 Å². The van der Waals surface area contributed by atoms with Gasteiger partial charge in [0, 0.05) is 12.6 Å². The summed E-state index contributed by atoms with van der Waals surface area (Å²) in [6.07, 6.45) is 14.2. The van der Waals surface area contributed by atoms with Gasteiger partial charge < -0.3 is 24.7 Å². The molecule has 1 unspecified atom stereocenters. The third-order valence-electron chi connectivity index (χ3n) is 4.73. The molecule has 1 aromatic rings. The highest BCUT2D eigenvalue weighted by atomic mass is 16.6. The zero-order valence-corrected chi connectivity index (χ0v) is 18.3. The van der Waals surface area contributed by atoms with E-state index in [0.717, 1.165) is 6.42 Å². The number of carboxylic acid groups (broad SMARTS) is 2. The van der Waals surface area contributed by atoms with Crippen LogP contribution in [-0.2, 0) is 14.3 Å². The van der Waals surface area contributed by atoms with E-state index in [1.165, 1.54) is 69.9 Å². The molecule has 0 spiro atoms. The van der Waals surface area contributed by atoms with Gasteiger partial charge in [0.15, 0.2) is 5.88 Å². The van der Waals surface area contributed by atoms with Gasteiger partial charge in [-0.25, -0.2) is 9.59 Å². The Bertz CT molecular complexity index is 696. The first-order valence-electron chi connectivity index (χ1n) is 11.1. The third-order valence-corrected chi connectivity index (χ3v) is 4.73. The zero-order chi connectivity index (χ0) is 22.9. The highest BCUT2D eigenvalue weighted by molar-refractivity contribution is 5.90. The van der Waals surface area contributed by atoms with Gasteiger partial charge in [0.25, 0.3) is 0 Å². The standard InChI is InChI=1S/C23H35NO7/c1-2-3-4-5-6-7-8-9-10-11-12-13-16-24-20-15-14-18(30-20)23(29)31-19(22(27)28)17-21(25)26/h12-15,19,24H,2-11,16-17H2,1H3,(H,25,26)(H,27,28). The molecule has 174 valence electrons. The van der Waals surface area contributed by atoms with Crippen molar-refractivity contribution in [1.82, 2.24) is 0 Å². The van der Waals surface area contributed by atoms with Crippen LogP contribution in [0.25, 0.3) is 0 Å². The van der Waals surface area contributed by atoms with Crippen molar-refractivity contribution in [2.24, 2.45) is 0 Å². The normalized spacial score (nSPS) is 12.0. The number of carbonyl (C=O) groups excluding carboxylic acids is 1. The highest BCUT2D eigenvalue weighted by Crippen LogP contribution is 2.16. The Balaban J connectivity index is 2.19. The molecular weight excluding hydrogens is 402 g/mol. The number of ether oxygens (including phenoxy) is 1. The number of furan rings is 1. The number of hydrogen-bond acceptors (Lipinski definition) is 6. The molecule has 8 nitrogen and oxygen atoms in total. The lowest BCUT2D eigenvalue weighted by Crippen LogP contribution is -2.29. The van der Waals surface area contributed by atoms with Crippen LogP contribution in [0.3, 0.4) is 0 Å². The topological polar surface area (TPSA) is 126 Å². The first-order chi connectivity index (χ1) is 14.9. The summed E-state index contributed by atoms with van der Waals surface area (Å²) >= 11 is 0. The van der Waals surface area contributed by atoms with Crippen LogP contribution in [0.4, 0.5) is 5.88 Å². The van der Waals surface area contributed by atoms with Gasteiger partial charge in [-0.1, -0.05) is 70.4 Å². The van der Waals surface area contributed by atoms with E-state index in [0.29, 0.717) is 12.4 Å². The number of anilines is 1. The number of carboxylic acids is 2. The molecule has 31 heavy (non-hydrogen) atoms. The minimum Gasteiger partial charge on any atom is -0.481 e. The predicted molar refractivity (Wildman–Crippen MR) is 117 cm³/mol. The quantitative estimate of drug-likeness (QED) is 0.161. The number of nitrogens with one attached hydrogen (secondary N) is 1. The second-order valence-corrected chi connectivity index (χ2v) is 7.46. The number of allylic oxidation sites excluding steroid dienone is 1. The monoisotopic (exact) mass is 437 g/mol. The lowest BCUT2D eigenvalue weighted by atomic mass is 10.1. The van der Waals surface area contributed by atoms with E-state index < -0.39 is 30.4 Å². The second kappa shape index (κ2) is 16.0. The second-order valence-electron chi connectivity index (χ2n) is 7.46. The van der Waals surface area contributed by atoms with Gasteiger partial charge >= 0.3 is 17.9 Å². The van der Waals surface area contributed by atoms with Crippen molar-refractivity contribution in [2.75, 3.05) is 11.9 Å². The van der Waals surface area contributed by atoms with Crippen molar-refractivity contribution in [3.8, 4) is 0 Å². The molecule has 0 aliphatic rings. The highest BCUT2D eigenvalue weighted by Gasteiger charge is 2.27. The van der Waals surface area contributed by atoms with E-state index in [2.05, 4.69) is 23.1 Å². The summed E-state index contributed by atoms with van der Waals surface area (Å²) in [5.74, 6) is -3.79. The van der Waals surface area contributed by atoms with Gasteiger partial charge in [-0.2, -0.15) is 0 Å². The molecule has 0 saturated carbocycles. The zero-order valence-electron chi connectivity index (χ0n) is 18.3. The maximum atomic E-state index is 11.9. The molecule has 0 bridgehead atoms. The Kier molecular flexibility index (Phi) is 13.5. The molecule has 1 atom stereocenters. The Hall–Kier alpha value is -2.77. The van der Waals surface area contributed by atoms with E-state index in [4.69, 9.17) is 14.6 Å². The number of rotatable bonds is 18. The lowest BCUT2D eigenvalue weighted by Gasteiger charge is -2.10. The molecule has 1 heterocycles. The smallest absolute Gasteiger partial charge is 0.375 e. The van der Waals surface area contributed by atoms with Gasteiger partial charge in [-0.15, -0.1) is 0 Å². The Labute approximate surface area is 183 Å². The fourth-order valence-corrected chi connectivity index (χ4v) is 3.00. The molecule has 0 aromatic carbocycles. The van der Waals surface area contributed by atoms with E-state index in [-0.39, 0.29) is 5.76 Å². The summed E-state index contributed by atoms with van der Waals surface area (Å²) in [7, 11) is 0. The summed E-state index contributed by atoms with van der Waals surface area (Å²) in [5.41, 5.74) is 0. The van der Waals surface area contributed by atoms with Gasteiger partial charge in [-0.3, -0.25) is 4.79 Å². The van der Waals surface area contributed by atoms with E-state index in [1.54, 1.807) is 0 Å². The van der Waals surface area contributed by atoms with Crippen LogP contribution in [0.1, 0.15) is 88.1 Å². The molecule has 0 radical (unpaired) electrons. The number of aliphatic carboxylic acids is 2. The third kappa shape index (κ3) is 12.5. The van der Waals surface area contributed by atoms with Crippen molar-refractivity contribution < 1.29 is 33.8 Å². The summed E-state index contributed by atoms with van der Waals surface area (Å²) in [5, 5.41) is 20.6. The Morgan fingerprint density at radius 2 is 1.65 bits per heavy atom. The molecular formula is C23H35NO7. The molecule has 0 fully saturated rings. The number of esters is 1. The van der Waals surface area contributed by atoms with Crippen molar-refractivity contribution >= 4 is 23.8 Å². The molecule has 0 aliphatic heterocycles.